The first-order valence-electron chi connectivity index (χ1n) is 9.60. The lowest BCUT2D eigenvalue weighted by molar-refractivity contribution is 0.110. The molecule has 3 N–H and O–H groups in total. The van der Waals surface area contributed by atoms with E-state index in [2.05, 4.69) is 43.5 Å². The summed E-state index contributed by atoms with van der Waals surface area (Å²) in [6, 6.07) is 14.7. The Morgan fingerprint density at radius 1 is 1.15 bits per heavy atom. The molecule has 2 atom stereocenters. The minimum atomic E-state index is -0.485. The molecule has 2 aromatic carbocycles. The summed E-state index contributed by atoms with van der Waals surface area (Å²) in [5, 5.41) is 17.8. The van der Waals surface area contributed by atoms with Crippen molar-refractivity contribution < 1.29 is 9.84 Å². The van der Waals surface area contributed by atoms with E-state index in [0.717, 1.165) is 42.0 Å². The van der Waals surface area contributed by atoms with Crippen LogP contribution in [0.5, 0.6) is 5.75 Å². The fraction of sp³-hybridized carbons (Fsp3) is 0.455. The highest BCUT2D eigenvalue weighted by molar-refractivity contribution is 5.66. The summed E-state index contributed by atoms with van der Waals surface area (Å²) in [5.74, 6) is 0.858. The van der Waals surface area contributed by atoms with Gasteiger partial charge in [-0.25, -0.2) is 0 Å². The average molecular weight is 354 g/mol. The monoisotopic (exact) mass is 354 g/mol. The molecule has 4 heteroatoms. The topological polar surface area (TPSA) is 53.5 Å². The molecule has 0 saturated carbocycles. The molecule has 0 unspecified atom stereocenters. The molecular formula is C22H30N2O2. The van der Waals surface area contributed by atoms with Crippen LogP contribution in [0, 0.1) is 0 Å². The molecular weight excluding hydrogens is 324 g/mol. The quantitative estimate of drug-likeness (QED) is 0.702. The van der Waals surface area contributed by atoms with Crippen LogP contribution >= 0.6 is 0 Å². The van der Waals surface area contributed by atoms with Crippen molar-refractivity contribution in [2.45, 2.75) is 58.4 Å². The first-order chi connectivity index (χ1) is 12.6. The second-order valence-electron chi connectivity index (χ2n) is 7.22. The highest BCUT2D eigenvalue weighted by Crippen LogP contribution is 2.40. The molecule has 0 bridgehead atoms. The zero-order valence-electron chi connectivity index (χ0n) is 16.0. The Balaban J connectivity index is 1.84. The van der Waals surface area contributed by atoms with Crippen molar-refractivity contribution in [2.75, 3.05) is 11.9 Å². The van der Waals surface area contributed by atoms with Crippen LogP contribution < -0.4 is 15.4 Å². The van der Waals surface area contributed by atoms with Crippen LogP contribution in [0.15, 0.2) is 42.5 Å². The Kier molecular flexibility index (Phi) is 6.17. The maximum absolute atomic E-state index is 10.8. The third-order valence-corrected chi connectivity index (χ3v) is 4.85. The maximum Gasteiger partial charge on any atom is 0.143 e. The van der Waals surface area contributed by atoms with Gasteiger partial charge >= 0.3 is 0 Å². The number of hydrogen-bond acceptors (Lipinski definition) is 4. The van der Waals surface area contributed by atoms with Gasteiger partial charge in [-0.3, -0.25) is 0 Å². The number of benzene rings is 2. The molecule has 0 fully saturated rings. The summed E-state index contributed by atoms with van der Waals surface area (Å²) in [6.07, 6.45) is 1.37. The molecule has 0 heterocycles. The number of anilines is 1. The van der Waals surface area contributed by atoms with Crippen molar-refractivity contribution in [1.29, 1.82) is 0 Å². The molecule has 0 spiro atoms. The van der Waals surface area contributed by atoms with Crippen LogP contribution in [0.3, 0.4) is 0 Å². The van der Waals surface area contributed by atoms with Crippen LogP contribution in [0.1, 0.15) is 50.0 Å². The number of ether oxygens (including phenoxy) is 1. The minimum absolute atomic E-state index is 0.105. The third kappa shape index (κ3) is 4.19. The van der Waals surface area contributed by atoms with Crippen molar-refractivity contribution in [3.63, 3.8) is 0 Å². The summed E-state index contributed by atoms with van der Waals surface area (Å²) in [4.78, 5) is 0. The van der Waals surface area contributed by atoms with Gasteiger partial charge in [0.05, 0.1) is 11.8 Å². The summed E-state index contributed by atoms with van der Waals surface area (Å²) < 4.78 is 6.11. The first-order valence-corrected chi connectivity index (χ1v) is 9.60. The lowest BCUT2D eigenvalue weighted by atomic mass is 9.84. The van der Waals surface area contributed by atoms with Crippen LogP contribution in [-0.2, 0) is 13.0 Å². The van der Waals surface area contributed by atoms with Crippen LogP contribution in [-0.4, -0.2) is 23.7 Å². The Morgan fingerprint density at radius 2 is 1.92 bits per heavy atom. The van der Waals surface area contributed by atoms with Gasteiger partial charge in [0.2, 0.25) is 0 Å². The number of fused-ring (bicyclic) bond motifs is 1. The van der Waals surface area contributed by atoms with Gasteiger partial charge in [-0.2, -0.15) is 0 Å². The standard InChI is InChI=1S/C22H30N2O2/c1-4-23-21-17-10-12-19(24-15(2)3)22(25)18(17)11-13-20(21)26-14-16-8-6-5-7-9-16/h5-9,11,13,15,19,22-25H,4,10,12,14H2,1-3H3/t19-,22-/m1/s1. The van der Waals surface area contributed by atoms with Crippen molar-refractivity contribution in [3.8, 4) is 5.75 Å². The van der Waals surface area contributed by atoms with E-state index < -0.39 is 6.10 Å². The predicted octanol–water partition coefficient (Wildman–Crippen LogP) is 4.04. The molecule has 140 valence electrons. The van der Waals surface area contributed by atoms with Crippen LogP contribution in [0.25, 0.3) is 0 Å². The van der Waals surface area contributed by atoms with Gasteiger partial charge in [-0.05, 0) is 42.5 Å². The smallest absolute Gasteiger partial charge is 0.143 e. The van der Waals surface area contributed by atoms with E-state index in [4.69, 9.17) is 4.74 Å². The van der Waals surface area contributed by atoms with E-state index in [1.807, 2.05) is 30.3 Å². The number of hydrogen-bond donors (Lipinski definition) is 3. The minimum Gasteiger partial charge on any atom is -0.487 e. The lowest BCUT2D eigenvalue weighted by Crippen LogP contribution is -2.42. The van der Waals surface area contributed by atoms with Crippen LogP contribution in [0.4, 0.5) is 5.69 Å². The van der Waals surface area contributed by atoms with Gasteiger partial charge in [0, 0.05) is 18.6 Å². The SMILES string of the molecule is CCNc1c(OCc2ccccc2)ccc2c1CC[C@@H](NC(C)C)[C@@H]2O. The second-order valence-corrected chi connectivity index (χ2v) is 7.22. The fourth-order valence-electron chi connectivity index (χ4n) is 3.69. The predicted molar refractivity (Wildman–Crippen MR) is 107 cm³/mol. The van der Waals surface area contributed by atoms with Crippen molar-refractivity contribution in [3.05, 3.63) is 59.2 Å². The Hall–Kier alpha value is -2.04. The van der Waals surface area contributed by atoms with E-state index in [0.29, 0.717) is 12.6 Å². The number of aliphatic hydroxyl groups excluding tert-OH is 1. The Morgan fingerprint density at radius 3 is 2.62 bits per heavy atom. The molecule has 0 amide bonds. The van der Waals surface area contributed by atoms with Crippen molar-refractivity contribution >= 4 is 5.69 Å². The molecule has 0 radical (unpaired) electrons. The van der Waals surface area contributed by atoms with Gasteiger partial charge in [0.1, 0.15) is 12.4 Å². The molecule has 0 saturated heterocycles. The number of aliphatic hydroxyl groups is 1. The molecule has 0 aromatic heterocycles. The zero-order valence-corrected chi connectivity index (χ0v) is 16.0. The van der Waals surface area contributed by atoms with Gasteiger partial charge in [0.25, 0.3) is 0 Å². The van der Waals surface area contributed by atoms with Crippen molar-refractivity contribution in [1.82, 2.24) is 5.32 Å². The number of rotatable bonds is 7. The summed E-state index contributed by atoms with van der Waals surface area (Å²) in [6.45, 7) is 7.68. The summed E-state index contributed by atoms with van der Waals surface area (Å²) in [5.41, 5.74) is 4.38. The maximum atomic E-state index is 10.8. The largest absolute Gasteiger partial charge is 0.487 e. The van der Waals surface area contributed by atoms with Crippen LogP contribution in [0.2, 0.25) is 0 Å². The molecule has 0 aliphatic heterocycles. The zero-order chi connectivity index (χ0) is 18.5. The Bertz CT molecular complexity index is 716. The molecule has 3 rings (SSSR count). The van der Waals surface area contributed by atoms with Gasteiger partial charge in [-0.1, -0.05) is 50.2 Å². The fourth-order valence-corrected chi connectivity index (χ4v) is 3.69. The van der Waals surface area contributed by atoms with E-state index in [9.17, 15) is 5.11 Å². The lowest BCUT2D eigenvalue weighted by Gasteiger charge is -2.34. The van der Waals surface area contributed by atoms with E-state index in [1.54, 1.807) is 0 Å². The second kappa shape index (κ2) is 8.56. The van der Waals surface area contributed by atoms with E-state index in [-0.39, 0.29) is 6.04 Å². The van der Waals surface area contributed by atoms with Gasteiger partial charge < -0.3 is 20.5 Å². The van der Waals surface area contributed by atoms with Crippen molar-refractivity contribution in [2.24, 2.45) is 0 Å². The van der Waals surface area contributed by atoms with Gasteiger partial charge in [0.15, 0.2) is 0 Å². The molecule has 4 nitrogen and oxygen atoms in total. The molecule has 1 aliphatic carbocycles. The first kappa shape index (κ1) is 18.7. The molecule has 1 aliphatic rings. The summed E-state index contributed by atoms with van der Waals surface area (Å²) in [7, 11) is 0. The Labute approximate surface area is 156 Å². The van der Waals surface area contributed by atoms with E-state index >= 15 is 0 Å². The normalized spacial score (nSPS) is 19.3. The molecule has 2 aromatic rings. The molecule has 26 heavy (non-hydrogen) atoms. The average Bonchev–Trinajstić information content (AvgIpc) is 2.64. The third-order valence-electron chi connectivity index (χ3n) is 4.85. The number of nitrogens with one attached hydrogen (secondary N) is 2. The highest BCUT2D eigenvalue weighted by Gasteiger charge is 2.30. The van der Waals surface area contributed by atoms with Gasteiger partial charge in [-0.15, -0.1) is 0 Å². The summed E-state index contributed by atoms with van der Waals surface area (Å²) >= 11 is 0. The van der Waals surface area contributed by atoms with E-state index in [1.165, 1.54) is 5.56 Å². The highest BCUT2D eigenvalue weighted by atomic mass is 16.5.